The van der Waals surface area contributed by atoms with Gasteiger partial charge in [-0.15, -0.1) is 0 Å². The summed E-state index contributed by atoms with van der Waals surface area (Å²) in [6, 6.07) is 19.7. The molecule has 0 radical (unpaired) electrons. The average molecular weight is 414 g/mol. The van der Waals surface area contributed by atoms with Crippen LogP contribution in [0.25, 0.3) is 21.6 Å². The van der Waals surface area contributed by atoms with Crippen LogP contribution >= 0.6 is 0 Å². The molecule has 154 valence electrons. The van der Waals surface area contributed by atoms with Crippen LogP contribution < -0.4 is 5.32 Å². The lowest BCUT2D eigenvalue weighted by Crippen LogP contribution is -2.29. The number of carbonyl (C=O) groups excluding carboxylic acids is 1. The van der Waals surface area contributed by atoms with Gasteiger partial charge in [-0.1, -0.05) is 36.4 Å². The molecule has 7 heteroatoms. The fourth-order valence-corrected chi connectivity index (χ4v) is 3.45. The number of nitrogens with zero attached hydrogens (tertiary/aromatic N) is 3. The van der Waals surface area contributed by atoms with Crippen LogP contribution in [0.4, 0.5) is 16.0 Å². The largest absolute Gasteiger partial charge is 0.385 e. The van der Waals surface area contributed by atoms with Crippen LogP contribution in [0, 0.1) is 12.4 Å². The first-order chi connectivity index (χ1) is 14.9. The molecule has 6 nitrogen and oxygen atoms in total. The van der Waals surface area contributed by atoms with Gasteiger partial charge < -0.3 is 5.11 Å². The molecular weight excluding hydrogens is 395 g/mol. The first-order valence-corrected chi connectivity index (χ1v) is 9.61. The van der Waals surface area contributed by atoms with E-state index in [1.54, 1.807) is 66.1 Å². The van der Waals surface area contributed by atoms with Crippen LogP contribution in [-0.4, -0.2) is 20.6 Å². The molecule has 1 heterocycles. The second-order valence-corrected chi connectivity index (χ2v) is 7.40. The van der Waals surface area contributed by atoms with Crippen molar-refractivity contribution in [3.63, 3.8) is 0 Å². The summed E-state index contributed by atoms with van der Waals surface area (Å²) < 4.78 is 15.1. The molecule has 0 fully saturated rings. The molecular formula is C24H19FN4O2. The molecule has 0 spiro atoms. The highest BCUT2D eigenvalue weighted by Crippen LogP contribution is 2.29. The first-order valence-electron chi connectivity index (χ1n) is 9.61. The van der Waals surface area contributed by atoms with Crippen molar-refractivity contribution in [2.45, 2.75) is 18.9 Å². The van der Waals surface area contributed by atoms with Gasteiger partial charge in [0.1, 0.15) is 5.82 Å². The zero-order valence-electron chi connectivity index (χ0n) is 16.7. The van der Waals surface area contributed by atoms with Crippen molar-refractivity contribution in [1.29, 1.82) is 0 Å². The van der Waals surface area contributed by atoms with E-state index in [1.807, 2.05) is 6.07 Å². The van der Waals surface area contributed by atoms with Gasteiger partial charge in [0.2, 0.25) is 11.9 Å². The third-order valence-electron chi connectivity index (χ3n) is 5.00. The summed E-state index contributed by atoms with van der Waals surface area (Å²) in [5.41, 5.74) is 1.43. The molecule has 3 aromatic carbocycles. The summed E-state index contributed by atoms with van der Waals surface area (Å²) >= 11 is 0. The molecule has 4 aromatic rings. The molecule has 31 heavy (non-hydrogen) atoms. The van der Waals surface area contributed by atoms with Gasteiger partial charge in [0.25, 0.3) is 0 Å². The van der Waals surface area contributed by atoms with Crippen LogP contribution in [0.5, 0.6) is 0 Å². The normalized spacial score (nSPS) is 12.8. The Morgan fingerprint density at radius 1 is 1.16 bits per heavy atom. The maximum absolute atomic E-state index is 13.5. The number of aliphatic hydroxyl groups is 1. The minimum absolute atomic E-state index is 0.184. The van der Waals surface area contributed by atoms with Gasteiger partial charge in [-0.2, -0.15) is 0 Å². The average Bonchev–Trinajstić information content (AvgIpc) is 3.11. The first kappa shape index (κ1) is 20.3. The van der Waals surface area contributed by atoms with Gasteiger partial charge in [0.05, 0.1) is 29.6 Å². The molecule has 1 atom stereocenters. The summed E-state index contributed by atoms with van der Waals surface area (Å²) in [7, 11) is 0. The number of halogens is 1. The van der Waals surface area contributed by atoms with E-state index in [0.717, 1.165) is 0 Å². The van der Waals surface area contributed by atoms with E-state index in [4.69, 9.17) is 6.57 Å². The Labute approximate surface area is 178 Å². The molecule has 1 aromatic heterocycles. The number of carbonyl (C=O) groups is 1. The fourth-order valence-electron chi connectivity index (χ4n) is 3.45. The van der Waals surface area contributed by atoms with Gasteiger partial charge >= 0.3 is 0 Å². The molecule has 0 unspecified atom stereocenters. The van der Waals surface area contributed by atoms with Crippen molar-refractivity contribution in [2.24, 2.45) is 0 Å². The van der Waals surface area contributed by atoms with E-state index in [2.05, 4.69) is 15.1 Å². The lowest BCUT2D eigenvalue weighted by molar-refractivity contribution is -0.120. The third kappa shape index (κ3) is 4.15. The van der Waals surface area contributed by atoms with E-state index < -0.39 is 11.5 Å². The van der Waals surface area contributed by atoms with Gasteiger partial charge in [0.15, 0.2) is 5.69 Å². The van der Waals surface area contributed by atoms with Crippen molar-refractivity contribution >= 4 is 28.6 Å². The summed E-state index contributed by atoms with van der Waals surface area (Å²) in [5, 5.41) is 13.6. The number of benzene rings is 3. The number of hydrogen-bond acceptors (Lipinski definition) is 3. The molecule has 1 amide bonds. The number of amides is 1. The number of rotatable bonds is 5. The van der Waals surface area contributed by atoms with Crippen molar-refractivity contribution in [3.8, 4) is 5.69 Å². The zero-order valence-corrected chi connectivity index (χ0v) is 16.7. The number of fused-ring (bicyclic) bond motifs is 1. The van der Waals surface area contributed by atoms with Crippen molar-refractivity contribution in [2.75, 3.05) is 5.32 Å². The van der Waals surface area contributed by atoms with E-state index in [9.17, 15) is 14.3 Å². The summed E-state index contributed by atoms with van der Waals surface area (Å²) in [6.45, 7) is 8.85. The highest BCUT2D eigenvalue weighted by molar-refractivity contribution is 5.93. The minimum atomic E-state index is -1.37. The predicted molar refractivity (Wildman–Crippen MR) is 117 cm³/mol. The molecule has 0 saturated heterocycles. The Bertz CT molecular complexity index is 1290. The molecule has 0 aliphatic rings. The second-order valence-electron chi connectivity index (χ2n) is 7.40. The van der Waals surface area contributed by atoms with E-state index in [0.29, 0.717) is 28.0 Å². The monoisotopic (exact) mass is 414 g/mol. The summed E-state index contributed by atoms with van der Waals surface area (Å²) in [4.78, 5) is 20.7. The second kappa shape index (κ2) is 8.01. The smallest absolute Gasteiger partial charge is 0.229 e. The highest BCUT2D eigenvalue weighted by Gasteiger charge is 2.27. The molecule has 4 rings (SSSR count). The summed E-state index contributed by atoms with van der Waals surface area (Å²) in [5.74, 6) is -0.602. The van der Waals surface area contributed by atoms with E-state index in [1.165, 1.54) is 12.1 Å². The van der Waals surface area contributed by atoms with Crippen LogP contribution in [0.3, 0.4) is 0 Å². The molecule has 0 aliphatic heterocycles. The lowest BCUT2D eigenvalue weighted by atomic mass is 9.92. The Kier molecular flexibility index (Phi) is 5.24. The Hall–Kier alpha value is -4.02. The van der Waals surface area contributed by atoms with Gasteiger partial charge in [-0.3, -0.25) is 14.7 Å². The van der Waals surface area contributed by atoms with Crippen molar-refractivity contribution < 1.29 is 14.3 Å². The van der Waals surface area contributed by atoms with Crippen LogP contribution in [0.1, 0.15) is 18.9 Å². The molecule has 2 N–H and O–H groups in total. The maximum atomic E-state index is 13.5. The Morgan fingerprint density at radius 2 is 1.87 bits per heavy atom. The van der Waals surface area contributed by atoms with Gasteiger partial charge in [-0.05, 0) is 48.9 Å². The zero-order chi connectivity index (χ0) is 22.0. The fraction of sp³-hybridized carbons (Fsp3) is 0.125. The number of imidazole rings is 1. The Balaban J connectivity index is 1.71. The number of hydrogen-bond donors (Lipinski definition) is 2. The third-order valence-corrected chi connectivity index (χ3v) is 5.00. The molecule has 0 saturated carbocycles. The van der Waals surface area contributed by atoms with E-state index >= 15 is 0 Å². The van der Waals surface area contributed by atoms with Crippen molar-refractivity contribution in [3.05, 3.63) is 95.6 Å². The lowest BCUT2D eigenvalue weighted by Gasteiger charge is -2.23. The topological polar surface area (TPSA) is 71.5 Å². The summed E-state index contributed by atoms with van der Waals surface area (Å²) in [6.07, 6.45) is -0.184. The van der Waals surface area contributed by atoms with Gasteiger partial charge in [-0.25, -0.2) is 14.2 Å². The maximum Gasteiger partial charge on any atom is 0.229 e. The van der Waals surface area contributed by atoms with Crippen molar-refractivity contribution in [1.82, 2.24) is 9.55 Å². The number of anilines is 1. The van der Waals surface area contributed by atoms with Crippen LogP contribution in [0.15, 0.2) is 72.8 Å². The van der Waals surface area contributed by atoms with Gasteiger partial charge in [0, 0.05) is 5.69 Å². The SMILES string of the molecule is [C-]#[N+]c1ccc2nc(NC(=O)C[C@](C)(O)c3ccccc3)n(-c3ccc(F)cc3)c2c1. The standard InChI is InChI=1S/C24H19FN4O2/c1-24(31,16-6-4-3-5-7-16)15-22(30)28-23-27-20-13-10-18(26-2)14-21(20)29(23)19-11-8-17(25)9-12-19/h3-14,31H,15H2,1H3,(H,27,28,30)/t24-/m0/s1. The van der Waals surface area contributed by atoms with E-state index in [-0.39, 0.29) is 18.2 Å². The molecule has 0 aliphatic carbocycles. The molecule has 0 bridgehead atoms. The number of aromatic nitrogens is 2. The Morgan fingerprint density at radius 3 is 2.55 bits per heavy atom. The quantitative estimate of drug-likeness (QED) is 0.454. The predicted octanol–water partition coefficient (Wildman–Crippen LogP) is 4.95. The number of nitrogens with one attached hydrogen (secondary N) is 1. The highest BCUT2D eigenvalue weighted by atomic mass is 19.1. The minimum Gasteiger partial charge on any atom is -0.385 e. The van der Waals surface area contributed by atoms with Crippen LogP contribution in [0.2, 0.25) is 0 Å². The van der Waals surface area contributed by atoms with Crippen LogP contribution in [-0.2, 0) is 10.4 Å².